The number of hydrogen-bond donors (Lipinski definition) is 1. The normalized spacial score (nSPS) is 10.1. The molecule has 0 bridgehead atoms. The molecular formula is C15H10BrF2NO3. The molecule has 0 aliphatic heterocycles. The van der Waals surface area contributed by atoms with E-state index in [1.54, 1.807) is 12.1 Å². The van der Waals surface area contributed by atoms with Gasteiger partial charge in [-0.15, -0.1) is 0 Å². The van der Waals surface area contributed by atoms with Crippen molar-refractivity contribution >= 4 is 33.8 Å². The van der Waals surface area contributed by atoms with Crippen LogP contribution in [0.25, 0.3) is 0 Å². The Morgan fingerprint density at radius 1 is 1.23 bits per heavy atom. The molecule has 114 valence electrons. The maximum Gasteiger partial charge on any atom is 0.262 e. The summed E-state index contributed by atoms with van der Waals surface area (Å²) in [6, 6.07) is 7.52. The van der Waals surface area contributed by atoms with Gasteiger partial charge in [-0.1, -0.05) is 15.9 Å². The highest BCUT2D eigenvalue weighted by atomic mass is 79.9. The van der Waals surface area contributed by atoms with Crippen LogP contribution in [0, 0.1) is 11.6 Å². The first-order valence-corrected chi connectivity index (χ1v) is 6.91. The Hall–Kier alpha value is -2.28. The molecule has 0 fully saturated rings. The largest absolute Gasteiger partial charge is 0.483 e. The van der Waals surface area contributed by atoms with Gasteiger partial charge in [0.15, 0.2) is 12.9 Å². The number of benzene rings is 2. The molecule has 0 aliphatic rings. The number of nitrogens with one attached hydrogen (secondary N) is 1. The molecule has 0 aliphatic carbocycles. The summed E-state index contributed by atoms with van der Waals surface area (Å²) in [5.41, 5.74) is 0.122. The van der Waals surface area contributed by atoms with Crippen molar-refractivity contribution in [2.24, 2.45) is 0 Å². The first kappa shape index (κ1) is 16.1. The van der Waals surface area contributed by atoms with Gasteiger partial charge in [-0.05, 0) is 30.3 Å². The van der Waals surface area contributed by atoms with Crippen molar-refractivity contribution in [1.82, 2.24) is 0 Å². The molecule has 7 heteroatoms. The van der Waals surface area contributed by atoms with Gasteiger partial charge in [-0.2, -0.15) is 0 Å². The van der Waals surface area contributed by atoms with Crippen molar-refractivity contribution in [3.05, 3.63) is 58.1 Å². The lowest BCUT2D eigenvalue weighted by Gasteiger charge is -2.10. The van der Waals surface area contributed by atoms with E-state index in [2.05, 4.69) is 21.2 Å². The van der Waals surface area contributed by atoms with Crippen LogP contribution in [-0.2, 0) is 4.79 Å². The lowest BCUT2D eigenvalue weighted by atomic mass is 10.2. The summed E-state index contributed by atoms with van der Waals surface area (Å²) >= 11 is 3.21. The van der Waals surface area contributed by atoms with Gasteiger partial charge in [0.1, 0.15) is 17.4 Å². The summed E-state index contributed by atoms with van der Waals surface area (Å²) in [6.45, 7) is -0.417. The minimum atomic E-state index is -0.884. The van der Waals surface area contributed by atoms with Crippen LogP contribution in [0.15, 0.2) is 40.9 Å². The molecule has 0 radical (unpaired) electrons. The lowest BCUT2D eigenvalue weighted by molar-refractivity contribution is -0.118. The zero-order valence-electron chi connectivity index (χ0n) is 11.1. The van der Waals surface area contributed by atoms with Gasteiger partial charge in [0.25, 0.3) is 5.91 Å². The van der Waals surface area contributed by atoms with E-state index in [0.717, 1.165) is 12.1 Å². The van der Waals surface area contributed by atoms with Crippen LogP contribution in [-0.4, -0.2) is 18.8 Å². The monoisotopic (exact) mass is 369 g/mol. The first-order valence-electron chi connectivity index (χ1n) is 6.12. The molecule has 0 spiro atoms. The molecule has 0 atom stereocenters. The Labute approximate surface area is 133 Å². The van der Waals surface area contributed by atoms with Crippen LogP contribution in [0.2, 0.25) is 0 Å². The van der Waals surface area contributed by atoms with Gasteiger partial charge >= 0.3 is 0 Å². The average molecular weight is 370 g/mol. The van der Waals surface area contributed by atoms with Crippen molar-refractivity contribution in [1.29, 1.82) is 0 Å². The molecule has 2 rings (SSSR count). The third-order valence-corrected chi connectivity index (χ3v) is 3.16. The second-order valence-corrected chi connectivity index (χ2v) is 5.18. The topological polar surface area (TPSA) is 55.4 Å². The third kappa shape index (κ3) is 4.11. The van der Waals surface area contributed by atoms with Crippen molar-refractivity contribution in [2.45, 2.75) is 0 Å². The second kappa shape index (κ2) is 7.13. The van der Waals surface area contributed by atoms with Crippen molar-refractivity contribution in [2.75, 3.05) is 11.9 Å². The number of rotatable bonds is 5. The Balaban J connectivity index is 2.00. The van der Waals surface area contributed by atoms with Gasteiger partial charge in [0.2, 0.25) is 0 Å². The summed E-state index contributed by atoms with van der Waals surface area (Å²) in [5.74, 6) is -2.03. The molecule has 0 saturated carbocycles. The van der Waals surface area contributed by atoms with E-state index in [4.69, 9.17) is 4.74 Å². The summed E-state index contributed by atoms with van der Waals surface area (Å²) in [4.78, 5) is 22.6. The average Bonchev–Trinajstić information content (AvgIpc) is 2.48. The molecule has 0 saturated heterocycles. The van der Waals surface area contributed by atoms with Crippen LogP contribution in [0.1, 0.15) is 10.4 Å². The number of anilines is 1. The molecule has 2 aromatic carbocycles. The van der Waals surface area contributed by atoms with E-state index < -0.39 is 24.1 Å². The van der Waals surface area contributed by atoms with Crippen LogP contribution >= 0.6 is 15.9 Å². The fourth-order valence-electron chi connectivity index (χ4n) is 1.66. The molecule has 0 unspecified atom stereocenters. The SMILES string of the molecule is O=Cc1cc(Br)ccc1OCC(=O)Nc1ccc(F)cc1F. The Morgan fingerprint density at radius 2 is 2.00 bits per heavy atom. The highest BCUT2D eigenvalue weighted by molar-refractivity contribution is 9.10. The zero-order chi connectivity index (χ0) is 16.1. The Morgan fingerprint density at radius 3 is 2.68 bits per heavy atom. The fourth-order valence-corrected chi connectivity index (χ4v) is 2.04. The maximum absolute atomic E-state index is 13.4. The van der Waals surface area contributed by atoms with E-state index in [1.165, 1.54) is 6.07 Å². The number of halogens is 3. The van der Waals surface area contributed by atoms with E-state index in [1.807, 2.05) is 0 Å². The fraction of sp³-hybridized carbons (Fsp3) is 0.0667. The Bertz CT molecular complexity index is 722. The summed E-state index contributed by atoms with van der Waals surface area (Å²) in [7, 11) is 0. The predicted molar refractivity (Wildman–Crippen MR) is 80.0 cm³/mol. The minimum absolute atomic E-state index is 0.151. The standard InChI is InChI=1S/C15H10BrF2NO3/c16-10-1-4-14(9(5-10)7-20)22-8-15(21)19-13-3-2-11(17)6-12(13)18/h1-7H,8H2,(H,19,21). The highest BCUT2D eigenvalue weighted by Crippen LogP contribution is 2.22. The van der Waals surface area contributed by atoms with Gasteiger partial charge in [-0.25, -0.2) is 8.78 Å². The number of aldehydes is 1. The van der Waals surface area contributed by atoms with Gasteiger partial charge in [-0.3, -0.25) is 9.59 Å². The molecule has 1 amide bonds. The van der Waals surface area contributed by atoms with Crippen LogP contribution in [0.4, 0.5) is 14.5 Å². The number of hydrogen-bond acceptors (Lipinski definition) is 3. The first-order chi connectivity index (χ1) is 10.5. The number of carbonyl (C=O) groups excluding carboxylic acids is 2. The summed E-state index contributed by atoms with van der Waals surface area (Å²) in [5, 5.41) is 2.25. The predicted octanol–water partition coefficient (Wildman–Crippen LogP) is 3.56. The highest BCUT2D eigenvalue weighted by Gasteiger charge is 2.10. The quantitative estimate of drug-likeness (QED) is 0.819. The number of ether oxygens (including phenoxy) is 1. The zero-order valence-corrected chi connectivity index (χ0v) is 12.7. The van der Waals surface area contributed by atoms with Crippen molar-refractivity contribution in [3.8, 4) is 5.75 Å². The maximum atomic E-state index is 13.4. The molecule has 22 heavy (non-hydrogen) atoms. The van der Waals surface area contributed by atoms with Crippen LogP contribution in [0.5, 0.6) is 5.75 Å². The Kier molecular flexibility index (Phi) is 5.21. The van der Waals surface area contributed by atoms with Gasteiger partial charge in [0, 0.05) is 10.5 Å². The van der Waals surface area contributed by atoms with Crippen LogP contribution in [0.3, 0.4) is 0 Å². The smallest absolute Gasteiger partial charge is 0.262 e. The molecule has 2 aromatic rings. The molecule has 0 aromatic heterocycles. The lowest BCUT2D eigenvalue weighted by Crippen LogP contribution is -2.21. The van der Waals surface area contributed by atoms with E-state index in [0.29, 0.717) is 16.8 Å². The van der Waals surface area contributed by atoms with Gasteiger partial charge < -0.3 is 10.1 Å². The minimum Gasteiger partial charge on any atom is -0.483 e. The van der Waals surface area contributed by atoms with Gasteiger partial charge in [0.05, 0.1) is 11.3 Å². The van der Waals surface area contributed by atoms with E-state index in [9.17, 15) is 18.4 Å². The molecule has 4 nitrogen and oxygen atoms in total. The van der Waals surface area contributed by atoms with E-state index >= 15 is 0 Å². The van der Waals surface area contributed by atoms with Crippen molar-refractivity contribution in [3.63, 3.8) is 0 Å². The number of carbonyl (C=O) groups is 2. The summed E-state index contributed by atoms with van der Waals surface area (Å²) < 4.78 is 32.1. The molecular weight excluding hydrogens is 360 g/mol. The molecule has 0 heterocycles. The number of amides is 1. The van der Waals surface area contributed by atoms with Crippen LogP contribution < -0.4 is 10.1 Å². The third-order valence-electron chi connectivity index (χ3n) is 2.66. The molecule has 1 N–H and O–H groups in total. The summed E-state index contributed by atoms with van der Waals surface area (Å²) in [6.07, 6.45) is 0.595. The van der Waals surface area contributed by atoms with E-state index in [-0.39, 0.29) is 17.0 Å². The second-order valence-electron chi connectivity index (χ2n) is 4.26. The van der Waals surface area contributed by atoms with Crippen molar-refractivity contribution < 1.29 is 23.1 Å².